The second-order valence-corrected chi connectivity index (χ2v) is 8.72. The molecule has 9 heteroatoms. The number of aliphatic hydroxyl groups excluding tert-OH is 1. The van der Waals surface area contributed by atoms with Crippen LogP contribution >= 0.6 is 24.0 Å². The van der Waals surface area contributed by atoms with Gasteiger partial charge < -0.3 is 20.6 Å². The summed E-state index contributed by atoms with van der Waals surface area (Å²) in [6.45, 7) is 10.8. The van der Waals surface area contributed by atoms with Crippen LogP contribution in [0.1, 0.15) is 49.2 Å². The third kappa shape index (κ3) is 7.30. The van der Waals surface area contributed by atoms with Gasteiger partial charge in [-0.25, -0.2) is 9.38 Å². The van der Waals surface area contributed by atoms with Gasteiger partial charge in [0.05, 0.1) is 24.0 Å². The Morgan fingerprint density at radius 1 is 1.30 bits per heavy atom. The van der Waals surface area contributed by atoms with Crippen molar-refractivity contribution in [3.63, 3.8) is 0 Å². The molecule has 1 unspecified atom stereocenters. The number of nitrogens with zero attached hydrogens (tertiary/aromatic N) is 4. The number of hydrogen-bond donors (Lipinski definition) is 3. The van der Waals surface area contributed by atoms with Crippen LogP contribution in [0, 0.1) is 19.7 Å². The zero-order valence-electron chi connectivity index (χ0n) is 20.4. The van der Waals surface area contributed by atoms with Crippen LogP contribution in [0.2, 0.25) is 0 Å². The Hall–Kier alpha value is -1.88. The number of aliphatic hydroxyl groups is 1. The maximum Gasteiger partial charge on any atom is 0.191 e. The number of benzene rings is 1. The molecule has 0 spiro atoms. The highest BCUT2D eigenvalue weighted by Gasteiger charge is 2.20. The van der Waals surface area contributed by atoms with Gasteiger partial charge in [-0.3, -0.25) is 4.68 Å². The second-order valence-electron chi connectivity index (χ2n) is 8.72. The number of piperidine rings is 1. The number of guanidine groups is 1. The largest absolute Gasteiger partial charge is 0.393 e. The highest BCUT2D eigenvalue weighted by Crippen LogP contribution is 2.24. The van der Waals surface area contributed by atoms with Gasteiger partial charge >= 0.3 is 0 Å². The van der Waals surface area contributed by atoms with Crippen molar-refractivity contribution in [3.8, 4) is 0 Å². The molecule has 0 amide bonds. The lowest BCUT2D eigenvalue weighted by Gasteiger charge is -2.31. The third-order valence-corrected chi connectivity index (χ3v) is 6.13. The maximum atomic E-state index is 14.7. The van der Waals surface area contributed by atoms with Crippen molar-refractivity contribution < 1.29 is 9.50 Å². The van der Waals surface area contributed by atoms with Crippen LogP contribution in [-0.4, -0.2) is 52.6 Å². The number of anilines is 1. The second kappa shape index (κ2) is 12.5. The Morgan fingerprint density at radius 3 is 2.58 bits per heavy atom. The molecule has 3 N–H and O–H groups in total. The molecule has 33 heavy (non-hydrogen) atoms. The Kier molecular flexibility index (Phi) is 10.4. The van der Waals surface area contributed by atoms with Gasteiger partial charge in [0.2, 0.25) is 0 Å². The lowest BCUT2D eigenvalue weighted by atomic mass is 10.1. The highest BCUT2D eigenvalue weighted by molar-refractivity contribution is 14.0. The zero-order valence-corrected chi connectivity index (χ0v) is 22.7. The predicted octanol–water partition coefficient (Wildman–Crippen LogP) is 3.44. The molecule has 1 aliphatic heterocycles. The molecule has 184 valence electrons. The summed E-state index contributed by atoms with van der Waals surface area (Å²) in [5.74, 6) is 0.483. The zero-order chi connectivity index (χ0) is 23.3. The van der Waals surface area contributed by atoms with Gasteiger partial charge in [0.1, 0.15) is 5.82 Å². The predicted molar refractivity (Wildman–Crippen MR) is 143 cm³/mol. The minimum Gasteiger partial charge on any atom is -0.393 e. The smallest absolute Gasteiger partial charge is 0.191 e. The first-order chi connectivity index (χ1) is 15.3. The molecule has 2 aromatic rings. The first-order valence-electron chi connectivity index (χ1n) is 11.5. The molecule has 1 aliphatic rings. The highest BCUT2D eigenvalue weighted by atomic mass is 127. The van der Waals surface area contributed by atoms with Gasteiger partial charge in [0, 0.05) is 38.4 Å². The average molecular weight is 573 g/mol. The summed E-state index contributed by atoms with van der Waals surface area (Å²) in [7, 11) is 1.97. The molecule has 1 saturated heterocycles. The summed E-state index contributed by atoms with van der Waals surface area (Å²) >= 11 is 0. The SMILES string of the molecule is CCNC(=NCc1ccc(N2CCC(O)CC2)c(F)c1)NC(C)Cc1c(C)nn(C)c1C.I. The quantitative estimate of drug-likeness (QED) is 0.269. The van der Waals surface area contributed by atoms with Gasteiger partial charge in [-0.15, -0.1) is 24.0 Å². The molecule has 1 fully saturated rings. The Labute approximate surface area is 213 Å². The lowest BCUT2D eigenvalue weighted by molar-refractivity contribution is 0.145. The van der Waals surface area contributed by atoms with Crippen molar-refractivity contribution >= 4 is 35.6 Å². The van der Waals surface area contributed by atoms with Crippen molar-refractivity contribution in [1.29, 1.82) is 0 Å². The van der Waals surface area contributed by atoms with Crippen LogP contribution in [0.15, 0.2) is 23.2 Å². The number of hydrogen-bond acceptors (Lipinski definition) is 4. The summed E-state index contributed by atoms with van der Waals surface area (Å²) in [5, 5.41) is 20.9. The molecule has 1 aromatic heterocycles. The Balaban J connectivity index is 0.00000385. The third-order valence-electron chi connectivity index (χ3n) is 6.13. The fourth-order valence-corrected chi connectivity index (χ4v) is 4.21. The molecule has 2 heterocycles. The van der Waals surface area contributed by atoms with Crippen molar-refractivity contribution in [2.75, 3.05) is 24.5 Å². The van der Waals surface area contributed by atoms with E-state index >= 15 is 0 Å². The van der Waals surface area contributed by atoms with Crippen molar-refractivity contribution in [2.45, 2.75) is 65.6 Å². The first kappa shape index (κ1) is 27.4. The van der Waals surface area contributed by atoms with Crippen LogP contribution in [0.5, 0.6) is 0 Å². The van der Waals surface area contributed by atoms with Gasteiger partial charge in [-0.05, 0) is 70.2 Å². The Morgan fingerprint density at radius 2 is 2.00 bits per heavy atom. The topological polar surface area (TPSA) is 77.7 Å². The van der Waals surface area contributed by atoms with Crippen LogP contribution < -0.4 is 15.5 Å². The van der Waals surface area contributed by atoms with E-state index in [9.17, 15) is 9.50 Å². The van der Waals surface area contributed by atoms with Crippen molar-refractivity contribution in [2.24, 2.45) is 12.0 Å². The molecule has 1 atom stereocenters. The minimum atomic E-state index is -0.270. The number of aliphatic imine (C=N–C) groups is 1. The molecule has 7 nitrogen and oxygen atoms in total. The number of rotatable bonds is 7. The van der Waals surface area contributed by atoms with Gasteiger partial charge in [-0.2, -0.15) is 5.10 Å². The molecular weight excluding hydrogens is 534 g/mol. The van der Waals surface area contributed by atoms with E-state index in [4.69, 9.17) is 0 Å². The normalized spacial score (nSPS) is 15.8. The average Bonchev–Trinajstić information content (AvgIpc) is 2.99. The van der Waals surface area contributed by atoms with E-state index in [-0.39, 0.29) is 41.9 Å². The van der Waals surface area contributed by atoms with E-state index in [1.165, 1.54) is 11.3 Å². The summed E-state index contributed by atoms with van der Waals surface area (Å²) in [6.07, 6.45) is 1.94. The van der Waals surface area contributed by atoms with Crippen LogP contribution in [0.25, 0.3) is 0 Å². The van der Waals surface area contributed by atoms with Crippen LogP contribution in [0.3, 0.4) is 0 Å². The number of aryl methyl sites for hydroxylation is 2. The van der Waals surface area contributed by atoms with E-state index in [2.05, 4.69) is 34.6 Å². The Bertz CT molecular complexity index is 939. The van der Waals surface area contributed by atoms with E-state index in [1.54, 1.807) is 6.07 Å². The van der Waals surface area contributed by atoms with Gasteiger partial charge in [0.15, 0.2) is 5.96 Å². The van der Waals surface area contributed by atoms with Crippen LogP contribution in [0.4, 0.5) is 10.1 Å². The molecular formula is C24H38FIN6O. The van der Waals surface area contributed by atoms with E-state index in [0.29, 0.717) is 44.1 Å². The van der Waals surface area contributed by atoms with Crippen molar-refractivity contribution in [3.05, 3.63) is 46.5 Å². The molecule has 3 rings (SSSR count). The number of nitrogens with one attached hydrogen (secondary N) is 2. The van der Waals surface area contributed by atoms with Crippen molar-refractivity contribution in [1.82, 2.24) is 20.4 Å². The summed E-state index contributed by atoms with van der Waals surface area (Å²) in [6, 6.07) is 5.50. The lowest BCUT2D eigenvalue weighted by Crippen LogP contribution is -2.43. The fourth-order valence-electron chi connectivity index (χ4n) is 4.21. The van der Waals surface area contributed by atoms with E-state index < -0.39 is 0 Å². The molecule has 0 saturated carbocycles. The summed E-state index contributed by atoms with van der Waals surface area (Å²) in [4.78, 5) is 6.67. The number of halogens is 2. The fraction of sp³-hybridized carbons (Fsp3) is 0.583. The minimum absolute atomic E-state index is 0. The molecule has 0 bridgehead atoms. The summed E-state index contributed by atoms with van der Waals surface area (Å²) in [5.41, 5.74) is 4.92. The monoisotopic (exact) mass is 572 g/mol. The molecule has 1 aromatic carbocycles. The van der Waals surface area contributed by atoms with Gasteiger partial charge in [0.25, 0.3) is 0 Å². The molecule has 0 aliphatic carbocycles. The van der Waals surface area contributed by atoms with Crippen LogP contribution in [-0.2, 0) is 20.0 Å². The standard InChI is InChI=1S/C24H37FN6O.HI/c1-6-26-24(28-16(2)13-21-17(3)29-30(5)18(21)4)27-15-19-7-8-23(22(25)14-19)31-11-9-20(32)10-12-31;/h7-8,14,16,20,32H,6,9-13,15H2,1-5H3,(H2,26,27,28);1H. The van der Waals surface area contributed by atoms with E-state index in [1.807, 2.05) is 42.6 Å². The number of aromatic nitrogens is 2. The maximum absolute atomic E-state index is 14.7. The molecule has 0 radical (unpaired) electrons. The van der Waals surface area contributed by atoms with Gasteiger partial charge in [-0.1, -0.05) is 6.07 Å². The summed E-state index contributed by atoms with van der Waals surface area (Å²) < 4.78 is 16.7. The van der Waals surface area contributed by atoms with E-state index in [0.717, 1.165) is 24.2 Å². The first-order valence-corrected chi connectivity index (χ1v) is 11.5.